The Morgan fingerprint density at radius 2 is 1.59 bits per heavy atom. The first-order valence-corrected chi connectivity index (χ1v) is 7.76. The van der Waals surface area contributed by atoms with Gasteiger partial charge in [0.1, 0.15) is 11.6 Å². The Bertz CT molecular complexity index is 1000. The van der Waals surface area contributed by atoms with E-state index in [4.69, 9.17) is 10.8 Å². The van der Waals surface area contributed by atoms with E-state index in [0.29, 0.717) is 17.2 Å². The lowest BCUT2D eigenvalue weighted by Gasteiger charge is -2.11. The summed E-state index contributed by atoms with van der Waals surface area (Å²) in [6.07, 6.45) is 0. The van der Waals surface area contributed by atoms with Crippen molar-refractivity contribution in [3.8, 4) is 0 Å². The van der Waals surface area contributed by atoms with Crippen LogP contribution in [-0.2, 0) is 0 Å². The lowest BCUT2D eigenvalue weighted by Crippen LogP contribution is -2.06. The van der Waals surface area contributed by atoms with E-state index in [1.54, 1.807) is 30.3 Å². The second-order valence-corrected chi connectivity index (χ2v) is 5.48. The molecule has 1 heterocycles. The SMILES string of the molecule is Nc1cc(Nc2ccccc2C(=O)O)nc(Nc2ccc(C(=O)O)cc2)n1. The van der Waals surface area contributed by atoms with Crippen LogP contribution in [0, 0.1) is 0 Å². The molecule has 0 spiro atoms. The van der Waals surface area contributed by atoms with Gasteiger partial charge in [0.15, 0.2) is 0 Å². The van der Waals surface area contributed by atoms with Crippen molar-refractivity contribution in [2.75, 3.05) is 16.4 Å². The molecule has 1 aromatic heterocycles. The lowest BCUT2D eigenvalue weighted by molar-refractivity contribution is 0.0686. The van der Waals surface area contributed by atoms with E-state index in [1.807, 2.05) is 0 Å². The third-order valence-electron chi connectivity index (χ3n) is 3.55. The number of hydrogen-bond acceptors (Lipinski definition) is 7. The first-order chi connectivity index (χ1) is 12.9. The molecule has 2 aromatic carbocycles. The molecule has 6 N–H and O–H groups in total. The summed E-state index contributed by atoms with van der Waals surface area (Å²) in [6, 6.07) is 13.9. The number of nitrogens with two attached hydrogens (primary N) is 1. The molecular weight excluding hydrogens is 350 g/mol. The van der Waals surface area contributed by atoms with E-state index in [2.05, 4.69) is 20.6 Å². The lowest BCUT2D eigenvalue weighted by atomic mass is 10.2. The summed E-state index contributed by atoms with van der Waals surface area (Å²) >= 11 is 0. The Balaban J connectivity index is 1.84. The number of hydrogen-bond donors (Lipinski definition) is 5. The summed E-state index contributed by atoms with van der Waals surface area (Å²) in [6.45, 7) is 0. The molecule has 0 fully saturated rings. The second-order valence-electron chi connectivity index (χ2n) is 5.48. The van der Waals surface area contributed by atoms with Crippen LogP contribution >= 0.6 is 0 Å². The van der Waals surface area contributed by atoms with Gasteiger partial charge < -0.3 is 26.6 Å². The van der Waals surface area contributed by atoms with Gasteiger partial charge in [-0.05, 0) is 36.4 Å². The number of carboxylic acid groups (broad SMARTS) is 2. The molecule has 0 saturated heterocycles. The van der Waals surface area contributed by atoms with Crippen molar-refractivity contribution in [1.29, 1.82) is 0 Å². The minimum Gasteiger partial charge on any atom is -0.478 e. The van der Waals surface area contributed by atoms with Crippen LogP contribution in [0.1, 0.15) is 20.7 Å². The van der Waals surface area contributed by atoms with E-state index < -0.39 is 11.9 Å². The zero-order chi connectivity index (χ0) is 19.4. The summed E-state index contributed by atoms with van der Waals surface area (Å²) in [5.74, 6) is -1.44. The van der Waals surface area contributed by atoms with E-state index in [-0.39, 0.29) is 22.9 Å². The van der Waals surface area contributed by atoms with Gasteiger partial charge in [0.25, 0.3) is 0 Å². The number of benzene rings is 2. The molecule has 9 heteroatoms. The van der Waals surface area contributed by atoms with Gasteiger partial charge in [-0.25, -0.2) is 9.59 Å². The number of carbonyl (C=O) groups is 2. The number of aromatic carboxylic acids is 2. The van der Waals surface area contributed by atoms with Crippen molar-refractivity contribution < 1.29 is 19.8 Å². The molecule has 0 aliphatic carbocycles. The zero-order valence-electron chi connectivity index (χ0n) is 13.9. The van der Waals surface area contributed by atoms with Crippen LogP contribution in [0.15, 0.2) is 54.6 Å². The molecule has 0 saturated carbocycles. The molecule has 0 amide bonds. The third-order valence-corrected chi connectivity index (χ3v) is 3.55. The third kappa shape index (κ3) is 4.28. The summed E-state index contributed by atoms with van der Waals surface area (Å²) < 4.78 is 0. The Morgan fingerprint density at radius 1 is 0.889 bits per heavy atom. The molecule has 0 aliphatic rings. The number of carboxylic acids is 2. The Labute approximate surface area is 153 Å². The minimum atomic E-state index is -1.07. The molecule has 9 nitrogen and oxygen atoms in total. The van der Waals surface area contributed by atoms with Gasteiger partial charge in [-0.15, -0.1) is 0 Å². The van der Waals surface area contributed by atoms with Gasteiger partial charge in [0.2, 0.25) is 5.95 Å². The largest absolute Gasteiger partial charge is 0.478 e. The maximum Gasteiger partial charge on any atom is 0.337 e. The van der Waals surface area contributed by atoms with E-state index in [9.17, 15) is 14.7 Å². The van der Waals surface area contributed by atoms with Crippen molar-refractivity contribution in [2.24, 2.45) is 0 Å². The van der Waals surface area contributed by atoms with Crippen molar-refractivity contribution in [3.63, 3.8) is 0 Å². The van der Waals surface area contributed by atoms with Crippen LogP contribution in [0.25, 0.3) is 0 Å². The smallest absolute Gasteiger partial charge is 0.337 e. The predicted octanol–water partition coefficient (Wildman–Crippen LogP) is 2.94. The van der Waals surface area contributed by atoms with Crippen LogP contribution in [0.4, 0.5) is 29.0 Å². The molecule has 0 radical (unpaired) electrons. The van der Waals surface area contributed by atoms with Crippen LogP contribution < -0.4 is 16.4 Å². The molecule has 27 heavy (non-hydrogen) atoms. The Hall–Kier alpha value is -4.14. The summed E-state index contributed by atoms with van der Waals surface area (Å²) in [5.41, 5.74) is 6.98. The monoisotopic (exact) mass is 365 g/mol. The van der Waals surface area contributed by atoms with Crippen molar-refractivity contribution in [1.82, 2.24) is 9.97 Å². The molecular formula is C18H15N5O4. The first-order valence-electron chi connectivity index (χ1n) is 7.76. The number of nitrogens with one attached hydrogen (secondary N) is 2. The zero-order valence-corrected chi connectivity index (χ0v) is 13.9. The van der Waals surface area contributed by atoms with Gasteiger partial charge in [0, 0.05) is 11.8 Å². The number of anilines is 5. The Kier molecular flexibility index (Phi) is 4.84. The van der Waals surface area contributed by atoms with Crippen LogP contribution in [0.2, 0.25) is 0 Å². The first kappa shape index (κ1) is 17.7. The van der Waals surface area contributed by atoms with E-state index in [0.717, 1.165) is 0 Å². The summed E-state index contributed by atoms with van der Waals surface area (Å²) in [4.78, 5) is 30.5. The molecule has 0 bridgehead atoms. The average Bonchev–Trinajstić information content (AvgIpc) is 2.62. The van der Waals surface area contributed by atoms with Gasteiger partial charge in [-0.3, -0.25) is 0 Å². The fourth-order valence-electron chi connectivity index (χ4n) is 2.33. The molecule has 0 aliphatic heterocycles. The van der Waals surface area contributed by atoms with Gasteiger partial charge in [-0.2, -0.15) is 9.97 Å². The molecule has 0 atom stereocenters. The fourth-order valence-corrected chi connectivity index (χ4v) is 2.33. The maximum atomic E-state index is 11.3. The molecule has 0 unspecified atom stereocenters. The summed E-state index contributed by atoms with van der Waals surface area (Å²) in [5, 5.41) is 24.0. The fraction of sp³-hybridized carbons (Fsp3) is 0. The number of nitrogens with zero attached hydrogens (tertiary/aromatic N) is 2. The van der Waals surface area contributed by atoms with Crippen molar-refractivity contribution in [2.45, 2.75) is 0 Å². The molecule has 3 aromatic rings. The topological polar surface area (TPSA) is 150 Å². The quantitative estimate of drug-likeness (QED) is 0.444. The number of para-hydroxylation sites is 1. The van der Waals surface area contributed by atoms with Crippen molar-refractivity contribution in [3.05, 3.63) is 65.7 Å². The maximum absolute atomic E-state index is 11.3. The highest BCUT2D eigenvalue weighted by Gasteiger charge is 2.11. The van der Waals surface area contributed by atoms with Crippen LogP contribution in [0.5, 0.6) is 0 Å². The average molecular weight is 365 g/mol. The number of nitrogen functional groups attached to an aromatic ring is 1. The number of aromatic nitrogens is 2. The van der Waals surface area contributed by atoms with Gasteiger partial charge >= 0.3 is 11.9 Å². The Morgan fingerprint density at radius 3 is 2.26 bits per heavy atom. The minimum absolute atomic E-state index is 0.0912. The normalized spacial score (nSPS) is 10.2. The second kappa shape index (κ2) is 7.40. The molecule has 3 rings (SSSR count). The van der Waals surface area contributed by atoms with Gasteiger partial charge in [0.05, 0.1) is 16.8 Å². The van der Waals surface area contributed by atoms with Crippen LogP contribution in [0.3, 0.4) is 0 Å². The highest BCUT2D eigenvalue weighted by atomic mass is 16.4. The van der Waals surface area contributed by atoms with E-state index in [1.165, 1.54) is 24.3 Å². The standard InChI is InChI=1S/C18H15N5O4/c19-14-9-15(21-13-4-2-1-3-12(13)17(26)27)23-18(22-14)20-11-7-5-10(6-8-11)16(24)25/h1-9H,(H,24,25)(H,26,27)(H4,19,20,21,22,23). The van der Waals surface area contributed by atoms with Gasteiger partial charge in [-0.1, -0.05) is 12.1 Å². The van der Waals surface area contributed by atoms with Crippen LogP contribution in [-0.4, -0.2) is 32.1 Å². The van der Waals surface area contributed by atoms with Crippen molar-refractivity contribution >= 4 is 40.9 Å². The number of rotatable bonds is 6. The summed E-state index contributed by atoms with van der Waals surface area (Å²) in [7, 11) is 0. The highest BCUT2D eigenvalue weighted by Crippen LogP contribution is 2.23. The highest BCUT2D eigenvalue weighted by molar-refractivity contribution is 5.95. The van der Waals surface area contributed by atoms with E-state index >= 15 is 0 Å². The molecule has 136 valence electrons. The predicted molar refractivity (Wildman–Crippen MR) is 99.8 cm³/mol.